The number of nitriles is 1. The van der Waals surface area contributed by atoms with Crippen molar-refractivity contribution in [1.82, 2.24) is 9.97 Å². The van der Waals surface area contributed by atoms with Crippen LogP contribution in [0.3, 0.4) is 0 Å². The number of halogens is 3. The maximum atomic E-state index is 12.7. The van der Waals surface area contributed by atoms with Gasteiger partial charge >= 0.3 is 6.18 Å². The van der Waals surface area contributed by atoms with Gasteiger partial charge in [-0.15, -0.1) is 0 Å². The lowest BCUT2D eigenvalue weighted by molar-refractivity contribution is -0.137. The molecule has 0 aliphatic heterocycles. The van der Waals surface area contributed by atoms with Gasteiger partial charge in [0.05, 0.1) is 17.5 Å². The Bertz CT molecular complexity index is 1440. The number of alkyl halides is 3. The van der Waals surface area contributed by atoms with E-state index in [0.29, 0.717) is 27.9 Å². The third-order valence-electron chi connectivity index (χ3n) is 4.66. The van der Waals surface area contributed by atoms with Crippen LogP contribution in [-0.4, -0.2) is 9.97 Å². The number of benzene rings is 2. The first kappa shape index (κ1) is 17.9. The molecule has 0 spiro atoms. The minimum Gasteiger partial charge on any atom is -0.446 e. The van der Waals surface area contributed by atoms with Gasteiger partial charge in [-0.25, -0.2) is 4.98 Å². The highest BCUT2D eigenvalue weighted by molar-refractivity contribution is 5.86. The largest absolute Gasteiger partial charge is 0.446 e. The highest BCUT2D eigenvalue weighted by Crippen LogP contribution is 2.32. The first-order valence-corrected chi connectivity index (χ1v) is 8.79. The standard InChI is InChI=1S/C22H10F3N3O2/c23-22(24,25)15-4-1-12(2-5-15)21-28-18-11-27-17(9-20(18)30-21)13-3-6-19-14(7-13)8-16(10-26)29-19/h1-9,11H. The summed E-state index contributed by atoms with van der Waals surface area (Å²) in [7, 11) is 0. The highest BCUT2D eigenvalue weighted by Gasteiger charge is 2.30. The number of hydrogen-bond acceptors (Lipinski definition) is 5. The molecule has 8 heteroatoms. The first-order valence-electron chi connectivity index (χ1n) is 8.79. The third-order valence-corrected chi connectivity index (χ3v) is 4.66. The second-order valence-corrected chi connectivity index (χ2v) is 6.61. The fourth-order valence-corrected chi connectivity index (χ4v) is 3.17. The number of oxazole rings is 1. The van der Waals surface area contributed by atoms with Crippen molar-refractivity contribution >= 4 is 22.1 Å². The lowest BCUT2D eigenvalue weighted by atomic mass is 10.1. The van der Waals surface area contributed by atoms with Crippen LogP contribution >= 0.6 is 0 Å². The number of pyridine rings is 1. The zero-order valence-corrected chi connectivity index (χ0v) is 15.1. The second kappa shape index (κ2) is 6.46. The topological polar surface area (TPSA) is 75.8 Å². The predicted molar refractivity (Wildman–Crippen MR) is 102 cm³/mol. The summed E-state index contributed by atoms with van der Waals surface area (Å²) in [6.45, 7) is 0. The Morgan fingerprint density at radius 1 is 0.867 bits per heavy atom. The lowest BCUT2D eigenvalue weighted by Crippen LogP contribution is -2.03. The average Bonchev–Trinajstić information content (AvgIpc) is 3.35. The summed E-state index contributed by atoms with van der Waals surface area (Å²) < 4.78 is 49.4. The van der Waals surface area contributed by atoms with Crippen LogP contribution in [0.5, 0.6) is 0 Å². The van der Waals surface area contributed by atoms with Crippen LogP contribution < -0.4 is 0 Å². The van der Waals surface area contributed by atoms with Crippen molar-refractivity contribution in [1.29, 1.82) is 5.26 Å². The van der Waals surface area contributed by atoms with E-state index in [4.69, 9.17) is 14.1 Å². The van der Waals surface area contributed by atoms with E-state index in [9.17, 15) is 13.2 Å². The Kier molecular flexibility index (Phi) is 3.86. The van der Waals surface area contributed by atoms with E-state index in [1.807, 2.05) is 18.2 Å². The van der Waals surface area contributed by atoms with Crippen LogP contribution in [-0.2, 0) is 6.18 Å². The number of nitrogens with zero attached hydrogens (tertiary/aromatic N) is 3. The van der Waals surface area contributed by atoms with E-state index in [1.54, 1.807) is 24.4 Å². The quantitative estimate of drug-likeness (QED) is 0.350. The van der Waals surface area contributed by atoms with Gasteiger partial charge in [-0.3, -0.25) is 4.98 Å². The fourth-order valence-electron chi connectivity index (χ4n) is 3.17. The summed E-state index contributed by atoms with van der Waals surface area (Å²) in [5, 5.41) is 9.74. The van der Waals surface area contributed by atoms with Crippen molar-refractivity contribution in [2.45, 2.75) is 6.18 Å². The van der Waals surface area contributed by atoms with Crippen molar-refractivity contribution in [2.75, 3.05) is 0 Å². The monoisotopic (exact) mass is 405 g/mol. The molecule has 5 aromatic rings. The molecule has 0 unspecified atom stereocenters. The maximum absolute atomic E-state index is 12.7. The van der Waals surface area contributed by atoms with Gasteiger partial charge in [-0.2, -0.15) is 18.4 Å². The van der Waals surface area contributed by atoms with Crippen LogP contribution in [0.15, 0.2) is 69.6 Å². The molecule has 30 heavy (non-hydrogen) atoms. The molecule has 0 bridgehead atoms. The van der Waals surface area contributed by atoms with Gasteiger partial charge in [0.25, 0.3) is 0 Å². The first-order chi connectivity index (χ1) is 14.4. The molecule has 0 amide bonds. The van der Waals surface area contributed by atoms with Crippen LogP contribution in [0.25, 0.3) is 44.8 Å². The summed E-state index contributed by atoms with van der Waals surface area (Å²) in [5.41, 5.74) is 2.66. The normalized spacial score (nSPS) is 11.8. The summed E-state index contributed by atoms with van der Waals surface area (Å²) in [5.74, 6) is 0.434. The van der Waals surface area contributed by atoms with Crippen molar-refractivity contribution in [3.63, 3.8) is 0 Å². The number of fused-ring (bicyclic) bond motifs is 2. The van der Waals surface area contributed by atoms with E-state index < -0.39 is 11.7 Å². The van der Waals surface area contributed by atoms with Gasteiger partial charge < -0.3 is 8.83 Å². The summed E-state index contributed by atoms with van der Waals surface area (Å²) in [6, 6.07) is 15.4. The summed E-state index contributed by atoms with van der Waals surface area (Å²) >= 11 is 0. The molecule has 0 aliphatic rings. The number of rotatable bonds is 2. The van der Waals surface area contributed by atoms with E-state index >= 15 is 0 Å². The molecule has 3 heterocycles. The van der Waals surface area contributed by atoms with Crippen molar-refractivity contribution < 1.29 is 22.0 Å². The van der Waals surface area contributed by atoms with E-state index in [1.165, 1.54) is 12.1 Å². The smallest absolute Gasteiger partial charge is 0.416 e. The van der Waals surface area contributed by atoms with Crippen LogP contribution in [0.2, 0.25) is 0 Å². The molecule has 2 aromatic carbocycles. The molecule has 5 nitrogen and oxygen atoms in total. The fraction of sp³-hybridized carbons (Fsp3) is 0.0455. The van der Waals surface area contributed by atoms with Gasteiger partial charge in [0.15, 0.2) is 5.58 Å². The van der Waals surface area contributed by atoms with Crippen LogP contribution in [0.4, 0.5) is 13.2 Å². The van der Waals surface area contributed by atoms with Gasteiger partial charge in [-0.1, -0.05) is 0 Å². The third kappa shape index (κ3) is 3.06. The Hall–Kier alpha value is -4.12. The number of hydrogen-bond donors (Lipinski definition) is 0. The van der Waals surface area contributed by atoms with Gasteiger partial charge in [0.2, 0.25) is 11.7 Å². The molecule has 0 atom stereocenters. The molecule has 3 aromatic heterocycles. The van der Waals surface area contributed by atoms with E-state index in [2.05, 4.69) is 9.97 Å². The Balaban J connectivity index is 1.52. The SMILES string of the molecule is N#Cc1cc2cc(-c3cc4oc(-c5ccc(C(F)(F)F)cc5)nc4cn3)ccc2o1. The zero-order chi connectivity index (χ0) is 20.9. The van der Waals surface area contributed by atoms with Crippen LogP contribution in [0, 0.1) is 11.3 Å². The van der Waals surface area contributed by atoms with Crippen molar-refractivity contribution in [3.05, 3.63) is 72.1 Å². The molecule has 0 saturated heterocycles. The maximum Gasteiger partial charge on any atom is 0.416 e. The molecule has 0 radical (unpaired) electrons. The zero-order valence-electron chi connectivity index (χ0n) is 15.1. The predicted octanol–water partition coefficient (Wildman–Crippen LogP) is 6.19. The Morgan fingerprint density at radius 2 is 1.63 bits per heavy atom. The lowest BCUT2D eigenvalue weighted by Gasteiger charge is -2.05. The van der Waals surface area contributed by atoms with Gasteiger partial charge in [0, 0.05) is 28.6 Å². The minimum atomic E-state index is -4.40. The molecule has 0 N–H and O–H groups in total. The molecule has 146 valence electrons. The second-order valence-electron chi connectivity index (χ2n) is 6.61. The van der Waals surface area contributed by atoms with E-state index in [0.717, 1.165) is 23.1 Å². The summed E-state index contributed by atoms with van der Waals surface area (Å²) in [4.78, 5) is 8.71. The molecule has 0 fully saturated rings. The highest BCUT2D eigenvalue weighted by atomic mass is 19.4. The number of furan rings is 1. The summed E-state index contributed by atoms with van der Waals surface area (Å²) in [6.07, 6.45) is -2.86. The molecule has 0 saturated carbocycles. The molecule has 0 aliphatic carbocycles. The Labute approximate surface area is 167 Å². The van der Waals surface area contributed by atoms with Crippen molar-refractivity contribution in [2.24, 2.45) is 0 Å². The average molecular weight is 405 g/mol. The van der Waals surface area contributed by atoms with E-state index in [-0.39, 0.29) is 11.7 Å². The number of aromatic nitrogens is 2. The van der Waals surface area contributed by atoms with Gasteiger partial charge in [0.1, 0.15) is 17.2 Å². The Morgan fingerprint density at radius 3 is 2.37 bits per heavy atom. The molecule has 5 rings (SSSR count). The minimum absolute atomic E-state index is 0.210. The van der Waals surface area contributed by atoms with Crippen LogP contribution in [0.1, 0.15) is 11.3 Å². The molecular weight excluding hydrogens is 395 g/mol. The molecular formula is C22H10F3N3O2. The van der Waals surface area contributed by atoms with Gasteiger partial charge in [-0.05, 0) is 42.5 Å². The van der Waals surface area contributed by atoms with Crippen molar-refractivity contribution in [3.8, 4) is 28.8 Å².